The van der Waals surface area contributed by atoms with E-state index < -0.39 is 24.0 Å². The van der Waals surface area contributed by atoms with E-state index in [9.17, 15) is 19.5 Å². The number of fused-ring (bicyclic) bond motifs is 1. The van der Waals surface area contributed by atoms with E-state index >= 15 is 0 Å². The van der Waals surface area contributed by atoms with Crippen molar-refractivity contribution in [3.63, 3.8) is 0 Å². The smallest absolute Gasteiger partial charge is 0.259 e. The number of anilines is 3. The number of hydrogen-bond donors (Lipinski definition) is 4. The Kier molecular flexibility index (Phi) is 6.53. The third kappa shape index (κ3) is 4.73. The van der Waals surface area contributed by atoms with Gasteiger partial charge in [-0.25, -0.2) is 0 Å². The van der Waals surface area contributed by atoms with Crippen LogP contribution in [0.25, 0.3) is 10.8 Å². The van der Waals surface area contributed by atoms with Crippen molar-refractivity contribution in [2.45, 2.75) is 18.6 Å². The second-order valence-electron chi connectivity index (χ2n) is 8.35. The summed E-state index contributed by atoms with van der Waals surface area (Å²) in [6.07, 6.45) is -1.15. The van der Waals surface area contributed by atoms with Crippen molar-refractivity contribution < 1.29 is 24.2 Å². The lowest BCUT2D eigenvalue weighted by molar-refractivity contribution is -0.150. The van der Waals surface area contributed by atoms with Crippen molar-refractivity contribution in [3.8, 4) is 0 Å². The molecule has 1 saturated heterocycles. The maximum Gasteiger partial charge on any atom is 0.259 e. The number of aromatic nitrogens is 1. The molecule has 5 N–H and O–H groups in total. The number of amides is 3. The standard InChI is InChI=1S/C24H27N5O5/c1-28(2)19(30)11-14-4-3-5-17(10-14)29-8-9-34-21(24(29)33)20(31)23(32)27-16-6-7-18-15(12-16)13-26-22(18)25/h3-7,10,12-13,20-21,26,31H,8-9,11,25H2,1-2H3,(H,27,32)/t20-,21-/m1/s1. The number of nitrogens with two attached hydrogens (primary N) is 1. The fourth-order valence-electron chi connectivity index (χ4n) is 3.85. The van der Waals surface area contributed by atoms with Crippen LogP contribution in [0, 0.1) is 0 Å². The summed E-state index contributed by atoms with van der Waals surface area (Å²) in [7, 11) is 3.36. The van der Waals surface area contributed by atoms with Crippen LogP contribution in [0.4, 0.5) is 17.2 Å². The first-order valence-corrected chi connectivity index (χ1v) is 10.8. The van der Waals surface area contributed by atoms with E-state index in [1.165, 1.54) is 9.80 Å². The molecule has 0 radical (unpaired) electrons. The summed E-state index contributed by atoms with van der Waals surface area (Å²) in [5.74, 6) is -0.826. The highest BCUT2D eigenvalue weighted by Gasteiger charge is 2.39. The zero-order valence-electron chi connectivity index (χ0n) is 18.9. The molecule has 10 heteroatoms. The van der Waals surface area contributed by atoms with Gasteiger partial charge in [-0.15, -0.1) is 0 Å². The van der Waals surface area contributed by atoms with Crippen LogP contribution in [0.3, 0.4) is 0 Å². The van der Waals surface area contributed by atoms with Gasteiger partial charge in [-0.1, -0.05) is 12.1 Å². The zero-order valence-corrected chi connectivity index (χ0v) is 18.9. The molecule has 0 spiro atoms. The van der Waals surface area contributed by atoms with Gasteiger partial charge in [0.1, 0.15) is 5.82 Å². The highest BCUT2D eigenvalue weighted by Crippen LogP contribution is 2.25. The Morgan fingerprint density at radius 2 is 2.09 bits per heavy atom. The molecular weight excluding hydrogens is 438 g/mol. The molecule has 4 rings (SSSR count). The SMILES string of the molecule is CN(C)C(=O)Cc1cccc(N2CCO[C@H]([C@@H](O)C(=O)Nc3ccc4c(N)[nH]cc4c3)C2=O)c1. The molecule has 3 aromatic rings. The first kappa shape index (κ1) is 23.3. The number of ether oxygens (including phenoxy) is 1. The Bertz CT molecular complexity index is 1240. The van der Waals surface area contributed by atoms with Gasteiger partial charge < -0.3 is 35.7 Å². The van der Waals surface area contributed by atoms with Crippen LogP contribution in [0.5, 0.6) is 0 Å². The van der Waals surface area contributed by atoms with Crippen molar-refractivity contribution in [1.29, 1.82) is 0 Å². The first-order chi connectivity index (χ1) is 16.2. The maximum absolute atomic E-state index is 13.1. The second kappa shape index (κ2) is 9.54. The second-order valence-corrected chi connectivity index (χ2v) is 8.35. The van der Waals surface area contributed by atoms with Gasteiger partial charge in [0.05, 0.1) is 13.0 Å². The molecule has 0 bridgehead atoms. The lowest BCUT2D eigenvalue weighted by Gasteiger charge is -2.34. The summed E-state index contributed by atoms with van der Waals surface area (Å²) in [5, 5.41) is 14.9. The summed E-state index contributed by atoms with van der Waals surface area (Å²) in [6, 6.07) is 12.2. The van der Waals surface area contributed by atoms with E-state index in [4.69, 9.17) is 10.5 Å². The summed E-state index contributed by atoms with van der Waals surface area (Å²) in [6.45, 7) is 0.413. The van der Waals surface area contributed by atoms with Crippen molar-refractivity contribution in [1.82, 2.24) is 9.88 Å². The molecule has 178 valence electrons. The highest BCUT2D eigenvalue weighted by atomic mass is 16.5. The summed E-state index contributed by atoms with van der Waals surface area (Å²) in [4.78, 5) is 43.7. The number of likely N-dealkylation sites (N-methyl/N-ethyl adjacent to an activating group) is 1. The van der Waals surface area contributed by atoms with Crippen LogP contribution in [-0.4, -0.2) is 72.2 Å². The molecule has 2 atom stereocenters. The average Bonchev–Trinajstić information content (AvgIpc) is 3.18. The Labute approximate surface area is 196 Å². The van der Waals surface area contributed by atoms with Crippen LogP contribution in [0.15, 0.2) is 48.7 Å². The summed E-state index contributed by atoms with van der Waals surface area (Å²) < 4.78 is 5.48. The van der Waals surface area contributed by atoms with E-state index in [1.54, 1.807) is 56.7 Å². The number of morpholine rings is 1. The van der Waals surface area contributed by atoms with Crippen LogP contribution in [0.1, 0.15) is 5.56 Å². The number of nitrogens with zero attached hydrogens (tertiary/aromatic N) is 2. The number of aliphatic hydroxyl groups excluding tert-OH is 1. The number of carbonyl (C=O) groups excluding carboxylic acids is 3. The van der Waals surface area contributed by atoms with Crippen molar-refractivity contribution >= 4 is 45.7 Å². The molecule has 1 aliphatic rings. The van der Waals surface area contributed by atoms with E-state index in [0.717, 1.165) is 16.3 Å². The van der Waals surface area contributed by atoms with Crippen molar-refractivity contribution in [2.75, 3.05) is 43.2 Å². The Morgan fingerprint density at radius 3 is 2.85 bits per heavy atom. The van der Waals surface area contributed by atoms with Gasteiger partial charge in [0.15, 0.2) is 12.2 Å². The normalized spacial score (nSPS) is 17.0. The Balaban J connectivity index is 1.46. The first-order valence-electron chi connectivity index (χ1n) is 10.8. The van der Waals surface area contributed by atoms with Crippen LogP contribution in [-0.2, 0) is 25.5 Å². The maximum atomic E-state index is 13.1. The average molecular weight is 466 g/mol. The minimum atomic E-state index is -1.71. The van der Waals surface area contributed by atoms with Crippen molar-refractivity contribution in [2.24, 2.45) is 0 Å². The quantitative estimate of drug-likeness (QED) is 0.430. The minimum absolute atomic E-state index is 0.0593. The molecule has 0 aliphatic carbocycles. The van der Waals surface area contributed by atoms with Crippen molar-refractivity contribution in [3.05, 3.63) is 54.2 Å². The van der Waals surface area contributed by atoms with Gasteiger partial charge in [-0.05, 0) is 35.9 Å². The van der Waals surface area contributed by atoms with Gasteiger partial charge in [0.2, 0.25) is 5.91 Å². The predicted octanol–water partition coefficient (Wildman–Crippen LogP) is 1.11. The van der Waals surface area contributed by atoms with Gasteiger partial charge in [-0.3, -0.25) is 14.4 Å². The fraction of sp³-hybridized carbons (Fsp3) is 0.292. The molecule has 2 aromatic carbocycles. The molecule has 2 heterocycles. The van der Waals surface area contributed by atoms with Gasteiger partial charge in [-0.2, -0.15) is 0 Å². The molecule has 0 unspecified atom stereocenters. The lowest BCUT2D eigenvalue weighted by Crippen LogP contribution is -2.55. The summed E-state index contributed by atoms with van der Waals surface area (Å²) in [5.41, 5.74) is 7.62. The third-order valence-corrected chi connectivity index (χ3v) is 5.75. The van der Waals surface area contributed by atoms with Crippen LogP contribution >= 0.6 is 0 Å². The number of carbonyl (C=O) groups is 3. The lowest BCUT2D eigenvalue weighted by atomic mass is 10.1. The minimum Gasteiger partial charge on any atom is -0.385 e. The highest BCUT2D eigenvalue weighted by molar-refractivity contribution is 6.04. The topological polar surface area (TPSA) is 141 Å². The predicted molar refractivity (Wildman–Crippen MR) is 128 cm³/mol. The molecule has 1 aliphatic heterocycles. The number of nitrogen functional groups attached to an aromatic ring is 1. The van der Waals surface area contributed by atoms with Crippen LogP contribution < -0.4 is 16.0 Å². The number of benzene rings is 2. The van der Waals surface area contributed by atoms with E-state index in [1.807, 2.05) is 6.07 Å². The number of rotatable bonds is 6. The molecule has 1 fully saturated rings. The number of aromatic amines is 1. The van der Waals surface area contributed by atoms with Crippen LogP contribution in [0.2, 0.25) is 0 Å². The van der Waals surface area contributed by atoms with E-state index in [0.29, 0.717) is 17.2 Å². The molecule has 34 heavy (non-hydrogen) atoms. The number of H-pyrrole nitrogens is 1. The molecule has 1 aromatic heterocycles. The number of aliphatic hydroxyl groups is 1. The zero-order chi connectivity index (χ0) is 24.4. The van der Waals surface area contributed by atoms with E-state index in [2.05, 4.69) is 10.3 Å². The molecular formula is C24H27N5O5. The van der Waals surface area contributed by atoms with Gasteiger partial charge in [0.25, 0.3) is 11.8 Å². The molecule has 0 saturated carbocycles. The number of hydrogen-bond acceptors (Lipinski definition) is 6. The van der Waals surface area contributed by atoms with Gasteiger partial charge >= 0.3 is 0 Å². The summed E-state index contributed by atoms with van der Waals surface area (Å²) >= 11 is 0. The fourth-order valence-corrected chi connectivity index (χ4v) is 3.85. The largest absolute Gasteiger partial charge is 0.385 e. The third-order valence-electron chi connectivity index (χ3n) is 5.75. The van der Waals surface area contributed by atoms with E-state index in [-0.39, 0.29) is 25.5 Å². The Morgan fingerprint density at radius 1 is 1.29 bits per heavy atom. The number of nitrogens with one attached hydrogen (secondary N) is 2. The molecule has 10 nitrogen and oxygen atoms in total. The Hall–Kier alpha value is -3.89. The molecule has 3 amide bonds. The monoisotopic (exact) mass is 465 g/mol. The van der Waals surface area contributed by atoms with Gasteiger partial charge in [0, 0.05) is 49.0 Å².